The maximum Gasteiger partial charge on any atom is 0.00697 e. The van der Waals surface area contributed by atoms with Crippen molar-refractivity contribution < 1.29 is 0 Å². The second-order valence-corrected chi connectivity index (χ2v) is 8.53. The van der Waals surface area contributed by atoms with Crippen LogP contribution in [0.15, 0.2) is 0 Å². The van der Waals surface area contributed by atoms with Crippen molar-refractivity contribution >= 4 is 0 Å². The van der Waals surface area contributed by atoms with E-state index >= 15 is 0 Å². The van der Waals surface area contributed by atoms with Gasteiger partial charge in [0.05, 0.1) is 0 Å². The topological polar surface area (TPSA) is 15.3 Å². The maximum absolute atomic E-state index is 3.78. The molecule has 124 valence electrons. The minimum atomic E-state index is 0.558. The molecule has 2 unspecified atom stereocenters. The first-order chi connectivity index (χ1) is 10.0. The third-order valence-electron chi connectivity index (χ3n) is 5.78. The van der Waals surface area contributed by atoms with Gasteiger partial charge >= 0.3 is 0 Å². The third-order valence-corrected chi connectivity index (χ3v) is 5.78. The number of piperidine rings is 1. The molecule has 0 amide bonds. The molecule has 2 heteroatoms. The zero-order valence-electron chi connectivity index (χ0n) is 15.0. The van der Waals surface area contributed by atoms with Gasteiger partial charge in [-0.15, -0.1) is 0 Å². The molecule has 2 aliphatic rings. The second kappa shape index (κ2) is 7.97. The smallest absolute Gasteiger partial charge is 0.00697 e. The molecule has 1 saturated carbocycles. The van der Waals surface area contributed by atoms with Crippen LogP contribution in [-0.4, -0.2) is 37.1 Å². The average Bonchev–Trinajstić information content (AvgIpc) is 2.43. The summed E-state index contributed by atoms with van der Waals surface area (Å²) in [5.74, 6) is 1.69. The molecule has 2 fully saturated rings. The van der Waals surface area contributed by atoms with Crippen molar-refractivity contribution in [3.63, 3.8) is 0 Å². The predicted octanol–water partition coefficient (Wildman–Crippen LogP) is 4.30. The molecule has 0 aromatic carbocycles. The van der Waals surface area contributed by atoms with Gasteiger partial charge in [0.2, 0.25) is 0 Å². The van der Waals surface area contributed by atoms with Crippen LogP contribution in [0.25, 0.3) is 0 Å². The van der Waals surface area contributed by atoms with Crippen LogP contribution < -0.4 is 5.32 Å². The van der Waals surface area contributed by atoms with Gasteiger partial charge in [-0.05, 0) is 62.9 Å². The highest BCUT2D eigenvalue weighted by atomic mass is 15.2. The van der Waals surface area contributed by atoms with Gasteiger partial charge in [0.1, 0.15) is 0 Å². The first-order valence-corrected chi connectivity index (χ1v) is 9.45. The standard InChI is InChI=1S/C19H38N2/c1-16(2)13-20-14-19(9-6-5-7-10-19)15-21-11-8-17(3)12-18(21)4/h16-18,20H,5-15H2,1-4H3. The molecule has 0 aromatic rings. The highest BCUT2D eigenvalue weighted by molar-refractivity contribution is 4.90. The molecule has 1 heterocycles. The van der Waals surface area contributed by atoms with E-state index in [0.29, 0.717) is 5.41 Å². The summed E-state index contributed by atoms with van der Waals surface area (Å²) in [6.45, 7) is 14.6. The van der Waals surface area contributed by atoms with E-state index in [1.165, 1.54) is 71.1 Å². The molecule has 0 bridgehead atoms. The SMILES string of the molecule is CC(C)CNCC1(CN2CCC(C)CC2C)CCCCC1. The molecule has 2 nitrogen and oxygen atoms in total. The molecule has 1 aliphatic heterocycles. The normalized spacial score (nSPS) is 30.7. The van der Waals surface area contributed by atoms with E-state index in [1.54, 1.807) is 0 Å². The minimum absolute atomic E-state index is 0.558. The molecule has 1 N–H and O–H groups in total. The first kappa shape index (κ1) is 17.3. The molecule has 2 rings (SSSR count). The number of hydrogen-bond donors (Lipinski definition) is 1. The van der Waals surface area contributed by atoms with Gasteiger partial charge < -0.3 is 10.2 Å². The Labute approximate surface area is 133 Å². The summed E-state index contributed by atoms with van der Waals surface area (Å²) in [6, 6.07) is 0.789. The molecule has 0 radical (unpaired) electrons. The zero-order chi connectivity index (χ0) is 15.3. The van der Waals surface area contributed by atoms with Crippen molar-refractivity contribution in [1.29, 1.82) is 0 Å². The van der Waals surface area contributed by atoms with Gasteiger partial charge in [0.25, 0.3) is 0 Å². The Hall–Kier alpha value is -0.0800. The lowest BCUT2D eigenvalue weighted by molar-refractivity contribution is 0.0479. The van der Waals surface area contributed by atoms with Crippen LogP contribution in [-0.2, 0) is 0 Å². The van der Waals surface area contributed by atoms with Crippen LogP contribution >= 0.6 is 0 Å². The summed E-state index contributed by atoms with van der Waals surface area (Å²) in [7, 11) is 0. The minimum Gasteiger partial charge on any atom is -0.316 e. The highest BCUT2D eigenvalue weighted by Gasteiger charge is 2.36. The number of hydrogen-bond acceptors (Lipinski definition) is 2. The quantitative estimate of drug-likeness (QED) is 0.785. The summed E-state index contributed by atoms with van der Waals surface area (Å²) in [5, 5.41) is 3.78. The largest absolute Gasteiger partial charge is 0.316 e. The Morgan fingerprint density at radius 3 is 2.48 bits per heavy atom. The molecule has 2 atom stereocenters. The van der Waals surface area contributed by atoms with Crippen LogP contribution in [0.5, 0.6) is 0 Å². The lowest BCUT2D eigenvalue weighted by Gasteiger charge is -2.46. The predicted molar refractivity (Wildman–Crippen MR) is 92.7 cm³/mol. The van der Waals surface area contributed by atoms with Crippen molar-refractivity contribution in [1.82, 2.24) is 10.2 Å². The molecule has 0 spiro atoms. The van der Waals surface area contributed by atoms with Crippen molar-refractivity contribution in [2.75, 3.05) is 26.2 Å². The monoisotopic (exact) mass is 294 g/mol. The van der Waals surface area contributed by atoms with Crippen molar-refractivity contribution in [2.24, 2.45) is 17.3 Å². The Morgan fingerprint density at radius 2 is 1.86 bits per heavy atom. The van der Waals surface area contributed by atoms with Crippen LogP contribution in [0.4, 0.5) is 0 Å². The summed E-state index contributed by atoms with van der Waals surface area (Å²) < 4.78 is 0. The second-order valence-electron chi connectivity index (χ2n) is 8.53. The molecular weight excluding hydrogens is 256 g/mol. The summed E-state index contributed by atoms with van der Waals surface area (Å²) in [6.07, 6.45) is 10.0. The summed E-state index contributed by atoms with van der Waals surface area (Å²) in [5.41, 5.74) is 0.558. The highest BCUT2D eigenvalue weighted by Crippen LogP contribution is 2.38. The number of rotatable bonds is 6. The van der Waals surface area contributed by atoms with Gasteiger partial charge in [-0.2, -0.15) is 0 Å². The molecular formula is C19H38N2. The molecule has 1 saturated heterocycles. The van der Waals surface area contributed by atoms with Crippen LogP contribution in [0, 0.1) is 17.3 Å². The number of likely N-dealkylation sites (tertiary alicyclic amines) is 1. The first-order valence-electron chi connectivity index (χ1n) is 9.45. The lowest BCUT2D eigenvalue weighted by atomic mass is 9.73. The van der Waals surface area contributed by atoms with Crippen molar-refractivity contribution in [3.05, 3.63) is 0 Å². The van der Waals surface area contributed by atoms with E-state index in [0.717, 1.165) is 17.9 Å². The number of nitrogens with one attached hydrogen (secondary N) is 1. The van der Waals surface area contributed by atoms with E-state index in [-0.39, 0.29) is 0 Å². The van der Waals surface area contributed by atoms with Crippen LogP contribution in [0.3, 0.4) is 0 Å². The number of nitrogens with zero attached hydrogens (tertiary/aromatic N) is 1. The summed E-state index contributed by atoms with van der Waals surface area (Å²) >= 11 is 0. The van der Waals surface area contributed by atoms with E-state index in [1.807, 2.05) is 0 Å². The van der Waals surface area contributed by atoms with Crippen LogP contribution in [0.1, 0.15) is 72.6 Å². The van der Waals surface area contributed by atoms with Gasteiger partial charge in [-0.1, -0.05) is 40.0 Å². The molecule has 0 aromatic heterocycles. The van der Waals surface area contributed by atoms with E-state index < -0.39 is 0 Å². The van der Waals surface area contributed by atoms with Gasteiger partial charge in [0, 0.05) is 19.1 Å². The molecule has 1 aliphatic carbocycles. The van der Waals surface area contributed by atoms with Gasteiger partial charge in [-0.25, -0.2) is 0 Å². The Morgan fingerprint density at radius 1 is 1.14 bits per heavy atom. The average molecular weight is 295 g/mol. The summed E-state index contributed by atoms with van der Waals surface area (Å²) in [4.78, 5) is 2.81. The lowest BCUT2D eigenvalue weighted by Crippen LogP contribution is -2.50. The van der Waals surface area contributed by atoms with E-state index in [2.05, 4.69) is 37.9 Å². The van der Waals surface area contributed by atoms with E-state index in [4.69, 9.17) is 0 Å². The third kappa shape index (κ3) is 5.25. The Kier molecular flexibility index (Phi) is 6.55. The molecule has 21 heavy (non-hydrogen) atoms. The van der Waals surface area contributed by atoms with Crippen LogP contribution in [0.2, 0.25) is 0 Å². The fraction of sp³-hybridized carbons (Fsp3) is 1.00. The van der Waals surface area contributed by atoms with E-state index in [9.17, 15) is 0 Å². The fourth-order valence-corrected chi connectivity index (χ4v) is 4.44. The Balaban J connectivity index is 1.92. The van der Waals surface area contributed by atoms with Crippen molar-refractivity contribution in [2.45, 2.75) is 78.7 Å². The van der Waals surface area contributed by atoms with Crippen molar-refractivity contribution in [3.8, 4) is 0 Å². The van der Waals surface area contributed by atoms with Gasteiger partial charge in [0.15, 0.2) is 0 Å². The zero-order valence-corrected chi connectivity index (χ0v) is 15.0. The Bertz CT molecular complexity index is 294. The van der Waals surface area contributed by atoms with Gasteiger partial charge in [-0.3, -0.25) is 0 Å². The maximum atomic E-state index is 3.78. The fourth-order valence-electron chi connectivity index (χ4n) is 4.44.